The Bertz CT molecular complexity index is 861. The number of amides is 1. The summed E-state index contributed by atoms with van der Waals surface area (Å²) in [6.07, 6.45) is 2.30. The molecule has 0 bridgehead atoms. The zero-order valence-electron chi connectivity index (χ0n) is 10.5. The summed E-state index contributed by atoms with van der Waals surface area (Å²) in [7, 11) is -4.17. The van der Waals surface area contributed by atoms with Crippen molar-refractivity contribution in [3.8, 4) is 0 Å². The topological polar surface area (TPSA) is 122 Å². The Kier molecular flexibility index (Phi) is 3.76. The van der Waals surface area contributed by atoms with Gasteiger partial charge in [0.25, 0.3) is 15.9 Å². The molecule has 0 saturated carbocycles. The molecule has 0 unspecified atom stereocenters. The second-order valence-corrected chi connectivity index (χ2v) is 5.69. The number of primary amides is 1. The number of anilines is 1. The Hall–Kier alpha value is -2.68. The molecule has 0 fully saturated rings. The molecule has 1 aromatic carbocycles. The Morgan fingerprint density at radius 1 is 1.29 bits per heavy atom. The highest BCUT2D eigenvalue weighted by molar-refractivity contribution is 7.92. The van der Waals surface area contributed by atoms with Crippen molar-refractivity contribution in [3.05, 3.63) is 58.3 Å². The zero-order chi connectivity index (χ0) is 15.6. The van der Waals surface area contributed by atoms with Crippen molar-refractivity contribution in [2.45, 2.75) is 4.90 Å². The van der Waals surface area contributed by atoms with Gasteiger partial charge in [-0.05, 0) is 18.2 Å². The molecule has 0 radical (unpaired) electrons. The Morgan fingerprint density at radius 2 is 2.00 bits per heavy atom. The van der Waals surface area contributed by atoms with E-state index in [9.17, 15) is 22.4 Å². The van der Waals surface area contributed by atoms with Crippen LogP contribution >= 0.6 is 0 Å². The molecular weight excluding hydrogens is 301 g/mol. The summed E-state index contributed by atoms with van der Waals surface area (Å²) in [5.74, 6) is -1.91. The average Bonchev–Trinajstić information content (AvgIpc) is 2.40. The first kappa shape index (κ1) is 14.7. The lowest BCUT2D eigenvalue weighted by Gasteiger charge is -2.08. The van der Waals surface area contributed by atoms with Gasteiger partial charge in [-0.2, -0.15) is 0 Å². The number of nitrogens with two attached hydrogens (primary N) is 1. The van der Waals surface area contributed by atoms with Crippen LogP contribution in [0.25, 0.3) is 0 Å². The number of nitrogens with one attached hydrogen (secondary N) is 2. The number of hydrogen-bond donors (Lipinski definition) is 3. The highest BCUT2D eigenvalue weighted by Gasteiger charge is 2.19. The molecule has 1 amide bonds. The minimum absolute atomic E-state index is 0.0894. The predicted octanol–water partition coefficient (Wildman–Crippen LogP) is 0.414. The Morgan fingerprint density at radius 3 is 2.62 bits per heavy atom. The van der Waals surface area contributed by atoms with Crippen LogP contribution in [0.4, 0.5) is 10.1 Å². The lowest BCUT2D eigenvalue weighted by Crippen LogP contribution is -2.21. The van der Waals surface area contributed by atoms with Gasteiger partial charge in [0.15, 0.2) is 4.90 Å². The summed E-state index contributed by atoms with van der Waals surface area (Å²) in [5, 5.41) is 0. The molecule has 2 aromatic rings. The van der Waals surface area contributed by atoms with E-state index in [1.165, 1.54) is 6.20 Å². The molecule has 2 rings (SSSR count). The fourth-order valence-electron chi connectivity index (χ4n) is 1.60. The van der Waals surface area contributed by atoms with Crippen molar-refractivity contribution in [1.82, 2.24) is 4.98 Å². The molecule has 0 aliphatic heterocycles. The van der Waals surface area contributed by atoms with Crippen LogP contribution in [0.2, 0.25) is 0 Å². The molecule has 7 nitrogen and oxygen atoms in total. The molecule has 110 valence electrons. The van der Waals surface area contributed by atoms with Gasteiger partial charge in [-0.15, -0.1) is 0 Å². The number of carbonyl (C=O) groups is 1. The molecule has 0 aliphatic rings. The highest BCUT2D eigenvalue weighted by Crippen LogP contribution is 2.17. The molecule has 21 heavy (non-hydrogen) atoms. The van der Waals surface area contributed by atoms with E-state index in [2.05, 4.69) is 9.71 Å². The normalized spacial score (nSPS) is 11.1. The SMILES string of the molecule is NC(=O)c1cc(NS(=O)(=O)c2c[nH]ccc2=O)ccc1F. The molecule has 9 heteroatoms. The maximum absolute atomic E-state index is 13.3. The van der Waals surface area contributed by atoms with E-state index in [0.29, 0.717) is 0 Å². The third kappa shape index (κ3) is 3.08. The van der Waals surface area contributed by atoms with E-state index in [4.69, 9.17) is 5.73 Å². The fraction of sp³-hybridized carbons (Fsp3) is 0. The second kappa shape index (κ2) is 5.37. The number of carbonyl (C=O) groups excluding carboxylic acids is 1. The minimum Gasteiger partial charge on any atom is -0.366 e. The number of aromatic amines is 1. The molecule has 0 saturated heterocycles. The van der Waals surface area contributed by atoms with Crippen molar-refractivity contribution in [2.75, 3.05) is 4.72 Å². The lowest BCUT2D eigenvalue weighted by atomic mass is 10.2. The van der Waals surface area contributed by atoms with Gasteiger partial charge in [0.2, 0.25) is 5.43 Å². The minimum atomic E-state index is -4.17. The summed E-state index contributed by atoms with van der Waals surface area (Å²) in [6.45, 7) is 0. The van der Waals surface area contributed by atoms with Crippen LogP contribution in [-0.4, -0.2) is 19.3 Å². The summed E-state index contributed by atoms with van der Waals surface area (Å²) in [5.41, 5.74) is 3.71. The second-order valence-electron chi connectivity index (χ2n) is 4.04. The standard InChI is InChI=1S/C12H10FN3O4S/c13-9-2-1-7(5-8(9)12(14)18)16-21(19,20)11-6-15-4-3-10(11)17/h1-6,16H,(H2,14,18)(H,15,17). The third-order valence-corrected chi connectivity index (χ3v) is 3.96. The van der Waals surface area contributed by atoms with E-state index >= 15 is 0 Å². The van der Waals surface area contributed by atoms with Gasteiger partial charge in [0, 0.05) is 24.1 Å². The summed E-state index contributed by atoms with van der Waals surface area (Å²) >= 11 is 0. The average molecular weight is 311 g/mol. The number of halogens is 1. The predicted molar refractivity (Wildman–Crippen MR) is 72.8 cm³/mol. The monoisotopic (exact) mass is 311 g/mol. The molecule has 0 atom stereocenters. The van der Waals surface area contributed by atoms with Gasteiger partial charge in [-0.3, -0.25) is 14.3 Å². The van der Waals surface area contributed by atoms with Crippen LogP contribution in [0, 0.1) is 5.82 Å². The summed E-state index contributed by atoms with van der Waals surface area (Å²) in [4.78, 5) is 24.5. The van der Waals surface area contributed by atoms with Crippen LogP contribution in [0.1, 0.15) is 10.4 Å². The highest BCUT2D eigenvalue weighted by atomic mass is 32.2. The maximum Gasteiger partial charge on any atom is 0.267 e. The molecule has 0 aliphatic carbocycles. The number of benzene rings is 1. The van der Waals surface area contributed by atoms with Crippen molar-refractivity contribution in [2.24, 2.45) is 5.73 Å². The van der Waals surface area contributed by atoms with Crippen molar-refractivity contribution in [1.29, 1.82) is 0 Å². The number of H-pyrrole nitrogens is 1. The van der Waals surface area contributed by atoms with Crippen LogP contribution in [-0.2, 0) is 10.0 Å². The first-order chi connectivity index (χ1) is 9.81. The fourth-order valence-corrected chi connectivity index (χ4v) is 2.70. The Balaban J connectivity index is 2.43. The van der Waals surface area contributed by atoms with Gasteiger partial charge in [0.05, 0.1) is 5.56 Å². The smallest absolute Gasteiger partial charge is 0.267 e. The number of pyridine rings is 1. The Labute approximate surface area is 118 Å². The van der Waals surface area contributed by atoms with E-state index < -0.39 is 37.6 Å². The van der Waals surface area contributed by atoms with Crippen LogP contribution in [0.5, 0.6) is 0 Å². The first-order valence-electron chi connectivity index (χ1n) is 5.60. The van der Waals surface area contributed by atoms with Crippen molar-refractivity contribution >= 4 is 21.6 Å². The van der Waals surface area contributed by atoms with E-state index in [0.717, 1.165) is 30.5 Å². The lowest BCUT2D eigenvalue weighted by molar-refractivity contribution is 0.0996. The molecule has 0 spiro atoms. The molecule has 4 N–H and O–H groups in total. The quantitative estimate of drug-likeness (QED) is 0.757. The number of sulfonamides is 1. The van der Waals surface area contributed by atoms with E-state index in [1.54, 1.807) is 0 Å². The number of rotatable bonds is 4. The van der Waals surface area contributed by atoms with Gasteiger partial charge in [-0.25, -0.2) is 12.8 Å². The van der Waals surface area contributed by atoms with Crippen LogP contribution in [0.15, 0.2) is 46.3 Å². The van der Waals surface area contributed by atoms with Crippen LogP contribution < -0.4 is 15.9 Å². The van der Waals surface area contributed by atoms with Gasteiger partial charge >= 0.3 is 0 Å². The van der Waals surface area contributed by atoms with Gasteiger partial charge in [0.1, 0.15) is 5.82 Å². The first-order valence-corrected chi connectivity index (χ1v) is 7.09. The summed E-state index contributed by atoms with van der Waals surface area (Å²) in [6, 6.07) is 4.00. The molecule has 1 aromatic heterocycles. The largest absolute Gasteiger partial charge is 0.366 e. The zero-order valence-corrected chi connectivity index (χ0v) is 11.3. The van der Waals surface area contributed by atoms with Crippen molar-refractivity contribution in [3.63, 3.8) is 0 Å². The van der Waals surface area contributed by atoms with E-state index in [1.807, 2.05) is 0 Å². The van der Waals surface area contributed by atoms with Crippen molar-refractivity contribution < 1.29 is 17.6 Å². The maximum atomic E-state index is 13.3. The number of aromatic nitrogens is 1. The molecule has 1 heterocycles. The number of hydrogen-bond acceptors (Lipinski definition) is 4. The molecular formula is C12H10FN3O4S. The van der Waals surface area contributed by atoms with Crippen LogP contribution in [0.3, 0.4) is 0 Å². The third-order valence-electron chi connectivity index (χ3n) is 2.56. The summed E-state index contributed by atoms with van der Waals surface area (Å²) < 4.78 is 39.5. The van der Waals surface area contributed by atoms with Gasteiger partial charge in [-0.1, -0.05) is 0 Å². The van der Waals surface area contributed by atoms with Gasteiger partial charge < -0.3 is 10.7 Å². The van der Waals surface area contributed by atoms with E-state index in [-0.39, 0.29) is 5.69 Å².